The molecule has 1 amide bonds. The molecule has 1 heterocycles. The summed E-state index contributed by atoms with van der Waals surface area (Å²) in [6.45, 7) is 1.02. The van der Waals surface area contributed by atoms with Crippen molar-refractivity contribution in [2.45, 2.75) is 69.1 Å². The number of benzene rings is 1. The van der Waals surface area contributed by atoms with Crippen molar-refractivity contribution < 1.29 is 18.1 Å². The van der Waals surface area contributed by atoms with Gasteiger partial charge in [-0.1, -0.05) is 51.0 Å². The molecule has 0 spiro atoms. The molecule has 1 aromatic rings. The monoisotopic (exact) mass is 425 g/mol. The van der Waals surface area contributed by atoms with Gasteiger partial charge in [-0.15, -0.1) is 0 Å². The third-order valence-electron chi connectivity index (χ3n) is 5.18. The van der Waals surface area contributed by atoms with Gasteiger partial charge in [-0.3, -0.25) is 14.9 Å². The number of rotatable bonds is 6. The Labute approximate surface area is 172 Å². The van der Waals surface area contributed by atoms with Crippen molar-refractivity contribution in [3.63, 3.8) is 0 Å². The van der Waals surface area contributed by atoms with E-state index in [4.69, 9.17) is 0 Å². The number of non-ortho nitro benzene ring substituents is 1. The summed E-state index contributed by atoms with van der Waals surface area (Å²) >= 11 is 0. The van der Waals surface area contributed by atoms with Gasteiger partial charge in [-0.05, 0) is 18.9 Å². The van der Waals surface area contributed by atoms with Crippen LogP contribution < -0.4 is 4.72 Å². The lowest BCUT2D eigenvalue weighted by molar-refractivity contribution is -0.385. The van der Waals surface area contributed by atoms with Crippen LogP contribution in [-0.4, -0.2) is 43.8 Å². The SMILES string of the molecule is O=C1CCCCCCCCCCCN1CCNS(=O)(=O)c1cccc([N+](=O)[O-])c1. The zero-order valence-corrected chi connectivity index (χ0v) is 17.7. The van der Waals surface area contributed by atoms with E-state index in [9.17, 15) is 23.3 Å². The number of nitrogens with zero attached hydrogens (tertiary/aromatic N) is 2. The van der Waals surface area contributed by atoms with Gasteiger partial charge in [-0.2, -0.15) is 0 Å². The highest BCUT2D eigenvalue weighted by molar-refractivity contribution is 7.89. The van der Waals surface area contributed by atoms with E-state index >= 15 is 0 Å². The quantitative estimate of drug-likeness (QED) is 0.553. The molecule has 0 unspecified atom stereocenters. The average molecular weight is 426 g/mol. The molecule has 1 N–H and O–H groups in total. The Bertz CT molecular complexity index is 782. The average Bonchev–Trinajstić information content (AvgIpc) is 2.71. The Morgan fingerprint density at radius 2 is 1.62 bits per heavy atom. The Hall–Kier alpha value is -2.00. The van der Waals surface area contributed by atoms with E-state index in [1.54, 1.807) is 4.90 Å². The van der Waals surface area contributed by atoms with Gasteiger partial charge in [0.15, 0.2) is 0 Å². The standard InChI is InChI=1S/C20H31N3O5S/c24-20-13-8-6-4-2-1-3-5-7-9-15-22(20)16-14-21-29(27,28)19-12-10-11-18(17-19)23(25)26/h10-12,17,21H,1-9,13-16H2. The van der Waals surface area contributed by atoms with E-state index in [1.165, 1.54) is 43.9 Å². The predicted octanol–water partition coefficient (Wildman–Crippen LogP) is 3.62. The molecule has 9 heteroatoms. The summed E-state index contributed by atoms with van der Waals surface area (Å²) < 4.78 is 27.3. The third kappa shape index (κ3) is 8.10. The van der Waals surface area contributed by atoms with Gasteiger partial charge < -0.3 is 4.90 Å². The number of carbonyl (C=O) groups is 1. The number of hydrogen-bond donors (Lipinski definition) is 1. The molecule has 1 fully saturated rings. The highest BCUT2D eigenvalue weighted by Gasteiger charge is 2.19. The smallest absolute Gasteiger partial charge is 0.270 e. The van der Waals surface area contributed by atoms with Crippen LogP contribution >= 0.6 is 0 Å². The van der Waals surface area contributed by atoms with Gasteiger partial charge in [0.05, 0.1) is 9.82 Å². The fourth-order valence-electron chi connectivity index (χ4n) is 3.50. The third-order valence-corrected chi connectivity index (χ3v) is 6.64. The molecule has 1 aliphatic rings. The molecule has 0 aromatic heterocycles. The van der Waals surface area contributed by atoms with Gasteiger partial charge in [0.25, 0.3) is 5.69 Å². The lowest BCUT2D eigenvalue weighted by atomic mass is 10.1. The summed E-state index contributed by atoms with van der Waals surface area (Å²) in [4.78, 5) is 24.4. The van der Waals surface area contributed by atoms with Crippen molar-refractivity contribution in [1.29, 1.82) is 0 Å². The van der Waals surface area contributed by atoms with E-state index in [-0.39, 0.29) is 23.0 Å². The topological polar surface area (TPSA) is 110 Å². The van der Waals surface area contributed by atoms with Gasteiger partial charge in [-0.25, -0.2) is 13.1 Å². The summed E-state index contributed by atoms with van der Waals surface area (Å²) in [5.41, 5.74) is -0.276. The molecule has 0 bridgehead atoms. The Morgan fingerprint density at radius 1 is 1.00 bits per heavy atom. The molecule has 0 atom stereocenters. The molecular weight excluding hydrogens is 394 g/mol. The molecule has 162 valence electrons. The van der Waals surface area contributed by atoms with Gasteiger partial charge >= 0.3 is 0 Å². The molecular formula is C20H31N3O5S. The Morgan fingerprint density at radius 3 is 2.28 bits per heavy atom. The van der Waals surface area contributed by atoms with Crippen LogP contribution in [0.1, 0.15) is 64.2 Å². The zero-order chi connectivity index (χ0) is 21.1. The molecule has 8 nitrogen and oxygen atoms in total. The maximum absolute atomic E-state index is 12.5. The first-order valence-corrected chi connectivity index (χ1v) is 11.9. The number of hydrogen-bond acceptors (Lipinski definition) is 5. The molecule has 0 aliphatic carbocycles. The lowest BCUT2D eigenvalue weighted by Crippen LogP contribution is -2.39. The lowest BCUT2D eigenvalue weighted by Gasteiger charge is -2.23. The first-order valence-electron chi connectivity index (χ1n) is 10.4. The van der Waals surface area contributed by atoms with Crippen LogP contribution in [-0.2, 0) is 14.8 Å². The number of nitro benzene ring substituents is 1. The second kappa shape index (κ2) is 11.9. The van der Waals surface area contributed by atoms with Crippen molar-refractivity contribution in [1.82, 2.24) is 9.62 Å². The Balaban J connectivity index is 1.93. The summed E-state index contributed by atoms with van der Waals surface area (Å²) in [5.74, 6) is 0.0683. The molecule has 1 aromatic carbocycles. The van der Waals surface area contributed by atoms with E-state index < -0.39 is 14.9 Å². The highest BCUT2D eigenvalue weighted by atomic mass is 32.2. The van der Waals surface area contributed by atoms with Crippen molar-refractivity contribution in [3.8, 4) is 0 Å². The first-order chi connectivity index (χ1) is 13.9. The maximum atomic E-state index is 12.5. The van der Waals surface area contributed by atoms with Crippen LogP contribution in [0.15, 0.2) is 29.2 Å². The van der Waals surface area contributed by atoms with Gasteiger partial charge in [0, 0.05) is 38.2 Å². The van der Waals surface area contributed by atoms with Crippen molar-refractivity contribution in [3.05, 3.63) is 34.4 Å². The predicted molar refractivity (Wildman–Crippen MR) is 111 cm³/mol. The van der Waals surface area contributed by atoms with Crippen molar-refractivity contribution in [2.75, 3.05) is 19.6 Å². The normalized spacial score (nSPS) is 17.8. The largest absolute Gasteiger partial charge is 0.341 e. The second-order valence-electron chi connectivity index (χ2n) is 7.47. The van der Waals surface area contributed by atoms with Crippen molar-refractivity contribution in [2.24, 2.45) is 0 Å². The first kappa shape index (κ1) is 23.3. The van der Waals surface area contributed by atoms with Gasteiger partial charge in [0.1, 0.15) is 0 Å². The fraction of sp³-hybridized carbons (Fsp3) is 0.650. The Kier molecular flexibility index (Phi) is 9.53. The minimum atomic E-state index is -3.87. The van der Waals surface area contributed by atoms with Crippen LogP contribution in [0.3, 0.4) is 0 Å². The van der Waals surface area contributed by atoms with Crippen LogP contribution in [0.25, 0.3) is 0 Å². The van der Waals surface area contributed by atoms with Crippen LogP contribution in [0.4, 0.5) is 5.69 Å². The van der Waals surface area contributed by atoms with Crippen LogP contribution in [0.2, 0.25) is 0 Å². The van der Waals surface area contributed by atoms with E-state index in [0.29, 0.717) is 19.5 Å². The minimum absolute atomic E-state index is 0.0683. The fourth-order valence-corrected chi connectivity index (χ4v) is 4.56. The number of nitro groups is 1. The molecule has 29 heavy (non-hydrogen) atoms. The van der Waals surface area contributed by atoms with Crippen molar-refractivity contribution >= 4 is 21.6 Å². The number of carbonyl (C=O) groups excluding carboxylic acids is 1. The number of nitrogens with one attached hydrogen (secondary N) is 1. The summed E-state index contributed by atoms with van der Waals surface area (Å²) in [7, 11) is -3.87. The summed E-state index contributed by atoms with van der Waals surface area (Å²) in [5, 5.41) is 10.9. The molecule has 0 saturated carbocycles. The molecule has 0 radical (unpaired) electrons. The van der Waals surface area contributed by atoms with Gasteiger partial charge in [0.2, 0.25) is 15.9 Å². The molecule has 1 saturated heterocycles. The van der Waals surface area contributed by atoms with E-state index in [0.717, 1.165) is 38.2 Å². The number of sulfonamides is 1. The second-order valence-corrected chi connectivity index (χ2v) is 9.23. The number of amides is 1. The molecule has 2 rings (SSSR count). The summed E-state index contributed by atoms with van der Waals surface area (Å²) in [6.07, 6.45) is 10.5. The van der Waals surface area contributed by atoms with E-state index in [1.807, 2.05) is 0 Å². The van der Waals surface area contributed by atoms with Crippen LogP contribution in [0.5, 0.6) is 0 Å². The maximum Gasteiger partial charge on any atom is 0.270 e. The zero-order valence-electron chi connectivity index (χ0n) is 16.8. The highest BCUT2D eigenvalue weighted by Crippen LogP contribution is 2.17. The molecule has 1 aliphatic heterocycles. The van der Waals surface area contributed by atoms with Crippen LogP contribution in [0, 0.1) is 10.1 Å². The minimum Gasteiger partial charge on any atom is -0.341 e. The van der Waals surface area contributed by atoms with E-state index in [2.05, 4.69) is 4.72 Å². The summed E-state index contributed by atoms with van der Waals surface area (Å²) in [6, 6.07) is 4.94.